The van der Waals surface area contributed by atoms with E-state index >= 15 is 0 Å². The maximum Gasteiger partial charge on any atom is 0.248 e. The third-order valence-electron chi connectivity index (χ3n) is 1.53. The molecule has 6 nitrogen and oxygen atoms in total. The molecule has 1 rings (SSSR count). The first kappa shape index (κ1) is 9.31. The Morgan fingerprint density at radius 2 is 2.46 bits per heavy atom. The first-order valence-electron chi connectivity index (χ1n) is 3.69. The summed E-state index contributed by atoms with van der Waals surface area (Å²) in [5, 5.41) is 3.31. The molecule has 1 aromatic heterocycles. The fourth-order valence-corrected chi connectivity index (χ4v) is 0.904. The molecule has 0 bridgehead atoms. The second-order valence-electron chi connectivity index (χ2n) is 2.49. The van der Waals surface area contributed by atoms with Gasteiger partial charge in [0.05, 0.1) is 6.04 Å². The van der Waals surface area contributed by atoms with E-state index in [0.29, 0.717) is 5.69 Å². The second-order valence-corrected chi connectivity index (χ2v) is 2.49. The molecule has 1 unspecified atom stereocenters. The molecular formula is C7H9N5O. The highest BCUT2D eigenvalue weighted by Gasteiger charge is 2.03. The highest BCUT2D eigenvalue weighted by atomic mass is 16.1. The van der Waals surface area contributed by atoms with E-state index in [4.69, 9.17) is 11.3 Å². The van der Waals surface area contributed by atoms with Crippen molar-refractivity contribution < 1.29 is 0 Å². The van der Waals surface area contributed by atoms with Gasteiger partial charge in [0, 0.05) is 23.2 Å². The molecule has 0 saturated carbocycles. The average Bonchev–Trinajstić information content (AvgIpc) is 2.14. The van der Waals surface area contributed by atoms with Gasteiger partial charge in [0.2, 0.25) is 5.56 Å². The number of hydrogen-bond donors (Lipinski definition) is 2. The van der Waals surface area contributed by atoms with Gasteiger partial charge in [-0.25, -0.2) is 0 Å². The van der Waals surface area contributed by atoms with Crippen LogP contribution in [0.5, 0.6) is 0 Å². The smallest absolute Gasteiger partial charge is 0.248 e. The fourth-order valence-electron chi connectivity index (χ4n) is 0.904. The van der Waals surface area contributed by atoms with Crippen molar-refractivity contribution in [2.75, 3.05) is 6.54 Å². The van der Waals surface area contributed by atoms with Crippen molar-refractivity contribution in [3.8, 4) is 0 Å². The van der Waals surface area contributed by atoms with Crippen LogP contribution in [0.2, 0.25) is 0 Å². The quantitative estimate of drug-likeness (QED) is 0.404. The molecule has 3 N–H and O–H groups in total. The van der Waals surface area contributed by atoms with E-state index in [9.17, 15) is 4.79 Å². The molecule has 0 aliphatic rings. The van der Waals surface area contributed by atoms with Gasteiger partial charge in [-0.15, -0.1) is 0 Å². The van der Waals surface area contributed by atoms with Crippen molar-refractivity contribution in [2.24, 2.45) is 10.8 Å². The van der Waals surface area contributed by atoms with Crippen molar-refractivity contribution in [3.05, 3.63) is 44.7 Å². The maximum absolute atomic E-state index is 10.9. The Balaban J connectivity index is 2.82. The van der Waals surface area contributed by atoms with E-state index in [1.807, 2.05) is 0 Å². The zero-order valence-electron chi connectivity index (χ0n) is 6.84. The summed E-state index contributed by atoms with van der Waals surface area (Å²) in [4.78, 5) is 16.0. The van der Waals surface area contributed by atoms with Crippen molar-refractivity contribution in [3.63, 3.8) is 0 Å². The van der Waals surface area contributed by atoms with E-state index in [1.54, 1.807) is 12.1 Å². The summed E-state index contributed by atoms with van der Waals surface area (Å²) in [5.74, 6) is 0. The van der Waals surface area contributed by atoms with Gasteiger partial charge in [0.15, 0.2) is 0 Å². The first-order valence-corrected chi connectivity index (χ1v) is 3.69. The van der Waals surface area contributed by atoms with Gasteiger partial charge < -0.3 is 10.7 Å². The zero-order chi connectivity index (χ0) is 9.68. The molecular weight excluding hydrogens is 170 g/mol. The monoisotopic (exact) mass is 179 g/mol. The summed E-state index contributed by atoms with van der Waals surface area (Å²) >= 11 is 0. The number of hydrogen-bond acceptors (Lipinski definition) is 3. The maximum atomic E-state index is 10.9. The fraction of sp³-hybridized carbons (Fsp3) is 0.286. The summed E-state index contributed by atoms with van der Waals surface area (Å²) in [6, 6.07) is 4.22. The summed E-state index contributed by atoms with van der Waals surface area (Å²) in [6.07, 6.45) is 0. The van der Waals surface area contributed by atoms with Gasteiger partial charge in [-0.1, -0.05) is 11.2 Å². The van der Waals surface area contributed by atoms with Gasteiger partial charge >= 0.3 is 0 Å². The summed E-state index contributed by atoms with van der Waals surface area (Å²) in [6.45, 7) is 0.135. The lowest BCUT2D eigenvalue weighted by molar-refractivity contribution is 0.705. The standard InChI is InChI=1S/C7H9N5O/c8-5(4-10-12-9)6-2-1-3-7(13)11-6/h1-3,5H,4,8H2,(H,11,13). The third kappa shape index (κ3) is 2.62. The van der Waals surface area contributed by atoms with Crippen LogP contribution in [-0.2, 0) is 0 Å². The third-order valence-corrected chi connectivity index (χ3v) is 1.53. The van der Waals surface area contributed by atoms with Crippen molar-refractivity contribution in [1.82, 2.24) is 4.98 Å². The van der Waals surface area contributed by atoms with E-state index in [-0.39, 0.29) is 12.1 Å². The van der Waals surface area contributed by atoms with Crippen molar-refractivity contribution in [1.29, 1.82) is 0 Å². The minimum Gasteiger partial charge on any atom is -0.325 e. The van der Waals surface area contributed by atoms with E-state index in [1.165, 1.54) is 6.07 Å². The number of nitrogens with two attached hydrogens (primary N) is 1. The molecule has 1 atom stereocenters. The number of rotatable bonds is 3. The molecule has 0 amide bonds. The first-order chi connectivity index (χ1) is 6.24. The van der Waals surface area contributed by atoms with Crippen LogP contribution < -0.4 is 11.3 Å². The van der Waals surface area contributed by atoms with Crippen molar-refractivity contribution >= 4 is 0 Å². The Labute approximate surface area is 74.0 Å². The lowest BCUT2D eigenvalue weighted by Gasteiger charge is -2.06. The molecule has 0 saturated heterocycles. The molecule has 1 heterocycles. The SMILES string of the molecule is [N-]=[N+]=NCC(N)c1cccc(=O)[nH]1. The average molecular weight is 179 g/mol. The number of aromatic nitrogens is 1. The number of aromatic amines is 1. The molecule has 68 valence electrons. The van der Waals surface area contributed by atoms with Crippen LogP contribution in [0, 0.1) is 0 Å². The van der Waals surface area contributed by atoms with Crippen LogP contribution in [0.15, 0.2) is 28.1 Å². The summed E-state index contributed by atoms with van der Waals surface area (Å²) in [7, 11) is 0. The largest absolute Gasteiger partial charge is 0.325 e. The summed E-state index contributed by atoms with van der Waals surface area (Å²) in [5.41, 5.74) is 14.0. The second kappa shape index (κ2) is 4.30. The molecule has 0 radical (unpaired) electrons. The van der Waals surface area contributed by atoms with Gasteiger partial charge in [-0.2, -0.15) is 0 Å². The number of nitrogens with one attached hydrogen (secondary N) is 1. The van der Waals surface area contributed by atoms with Crippen LogP contribution in [-0.4, -0.2) is 11.5 Å². The Morgan fingerprint density at radius 1 is 1.69 bits per heavy atom. The lowest BCUT2D eigenvalue weighted by atomic mass is 10.2. The number of H-pyrrole nitrogens is 1. The molecule has 0 spiro atoms. The molecule has 13 heavy (non-hydrogen) atoms. The Hall–Kier alpha value is -1.78. The Bertz CT molecular complexity index is 378. The Kier molecular flexibility index (Phi) is 3.08. The highest BCUT2D eigenvalue weighted by Crippen LogP contribution is 2.04. The van der Waals surface area contributed by atoms with Crippen LogP contribution >= 0.6 is 0 Å². The predicted octanol–water partition coefficient (Wildman–Crippen LogP) is 0.685. The predicted molar refractivity (Wildman–Crippen MR) is 48.0 cm³/mol. The minimum absolute atomic E-state index is 0.135. The summed E-state index contributed by atoms with van der Waals surface area (Å²) < 4.78 is 0. The van der Waals surface area contributed by atoms with Gasteiger partial charge in [-0.05, 0) is 11.6 Å². The zero-order valence-corrected chi connectivity index (χ0v) is 6.84. The molecule has 0 fully saturated rings. The lowest BCUT2D eigenvalue weighted by Crippen LogP contribution is -2.18. The number of nitrogens with zero attached hydrogens (tertiary/aromatic N) is 3. The molecule has 0 aliphatic heterocycles. The van der Waals surface area contributed by atoms with Gasteiger partial charge in [-0.3, -0.25) is 4.79 Å². The Morgan fingerprint density at radius 3 is 3.08 bits per heavy atom. The molecule has 1 aromatic rings. The van der Waals surface area contributed by atoms with E-state index in [0.717, 1.165) is 0 Å². The molecule has 6 heteroatoms. The van der Waals surface area contributed by atoms with Crippen LogP contribution in [0.4, 0.5) is 0 Å². The molecule has 0 aromatic carbocycles. The van der Waals surface area contributed by atoms with Gasteiger partial charge in [0.25, 0.3) is 0 Å². The highest BCUT2D eigenvalue weighted by molar-refractivity contribution is 5.08. The van der Waals surface area contributed by atoms with Crippen LogP contribution in [0.1, 0.15) is 11.7 Å². The van der Waals surface area contributed by atoms with Crippen LogP contribution in [0.3, 0.4) is 0 Å². The van der Waals surface area contributed by atoms with Crippen LogP contribution in [0.25, 0.3) is 10.4 Å². The molecule has 0 aliphatic carbocycles. The number of azide groups is 1. The topological polar surface area (TPSA) is 108 Å². The van der Waals surface area contributed by atoms with Crippen molar-refractivity contribution in [2.45, 2.75) is 6.04 Å². The normalized spacial score (nSPS) is 11.8. The van der Waals surface area contributed by atoms with Gasteiger partial charge in [0.1, 0.15) is 0 Å². The van der Waals surface area contributed by atoms with E-state index in [2.05, 4.69) is 15.0 Å². The van der Waals surface area contributed by atoms with E-state index < -0.39 is 6.04 Å². The number of pyridine rings is 1. The minimum atomic E-state index is -0.454.